The summed E-state index contributed by atoms with van der Waals surface area (Å²) in [5.41, 5.74) is 0.535. The van der Waals surface area contributed by atoms with Crippen molar-refractivity contribution in [3.05, 3.63) is 17.8 Å². The number of nitrogens with zero attached hydrogens (tertiary/aromatic N) is 2. The van der Waals surface area contributed by atoms with Gasteiger partial charge in [-0.25, -0.2) is 4.98 Å². The molecular weight excluding hydrogens is 276 g/mol. The molecular formula is C18H26N2O2. The molecule has 1 aromatic rings. The van der Waals surface area contributed by atoms with Gasteiger partial charge >= 0.3 is 0 Å². The number of fused-ring (bicyclic) bond motifs is 1. The van der Waals surface area contributed by atoms with Crippen molar-refractivity contribution in [2.45, 2.75) is 76.2 Å². The lowest BCUT2D eigenvalue weighted by atomic mass is 9.81. The van der Waals surface area contributed by atoms with Crippen LogP contribution in [-0.4, -0.2) is 28.4 Å². The third kappa shape index (κ3) is 2.57. The molecule has 4 rings (SSSR count). The van der Waals surface area contributed by atoms with Gasteiger partial charge in [-0.05, 0) is 44.4 Å². The number of likely N-dealkylation sites (tertiary alicyclic amines) is 1. The van der Waals surface area contributed by atoms with E-state index in [2.05, 4.69) is 9.88 Å². The van der Waals surface area contributed by atoms with E-state index in [0.717, 1.165) is 31.7 Å². The summed E-state index contributed by atoms with van der Waals surface area (Å²) < 4.78 is 5.59. The zero-order valence-corrected chi connectivity index (χ0v) is 13.3. The summed E-state index contributed by atoms with van der Waals surface area (Å²) >= 11 is 0. The van der Waals surface area contributed by atoms with Crippen molar-refractivity contribution in [1.82, 2.24) is 9.88 Å². The van der Waals surface area contributed by atoms with Crippen LogP contribution in [0.25, 0.3) is 0 Å². The maximum absolute atomic E-state index is 13.0. The standard InChI is InChI=1S/C18H26N2O2/c21-18(15-12-22-17(19-15)14-8-5-9-14)20-11-4-3-7-13-6-1-2-10-16(13)20/h12-14,16H,1-11H2. The minimum atomic E-state index is 0.105. The molecule has 120 valence electrons. The molecule has 0 aromatic carbocycles. The average molecular weight is 302 g/mol. The fraction of sp³-hybridized carbons (Fsp3) is 0.778. The number of carbonyl (C=O) groups excluding carboxylic acids is 1. The Balaban J connectivity index is 1.53. The minimum Gasteiger partial charge on any atom is -0.448 e. The van der Waals surface area contributed by atoms with Crippen LogP contribution < -0.4 is 0 Å². The Labute approximate surface area is 132 Å². The van der Waals surface area contributed by atoms with Crippen molar-refractivity contribution in [1.29, 1.82) is 0 Å². The highest BCUT2D eigenvalue weighted by Gasteiger charge is 2.36. The largest absolute Gasteiger partial charge is 0.448 e. The van der Waals surface area contributed by atoms with Gasteiger partial charge in [-0.15, -0.1) is 0 Å². The highest BCUT2D eigenvalue weighted by molar-refractivity contribution is 5.92. The highest BCUT2D eigenvalue weighted by Crippen LogP contribution is 2.37. The maximum Gasteiger partial charge on any atom is 0.276 e. The topological polar surface area (TPSA) is 46.3 Å². The first-order valence-corrected chi connectivity index (χ1v) is 9.09. The van der Waals surface area contributed by atoms with E-state index in [1.807, 2.05) is 0 Å². The van der Waals surface area contributed by atoms with Crippen LogP contribution in [0.15, 0.2) is 10.7 Å². The quantitative estimate of drug-likeness (QED) is 0.825. The van der Waals surface area contributed by atoms with Gasteiger partial charge in [-0.2, -0.15) is 0 Å². The lowest BCUT2D eigenvalue weighted by molar-refractivity contribution is 0.0563. The predicted octanol–water partition coefficient (Wildman–Crippen LogP) is 4.13. The molecule has 0 N–H and O–H groups in total. The second kappa shape index (κ2) is 6.05. The third-order valence-electron chi connectivity index (χ3n) is 5.95. The van der Waals surface area contributed by atoms with Gasteiger partial charge in [0.1, 0.15) is 6.26 Å². The number of rotatable bonds is 2. The van der Waals surface area contributed by atoms with Crippen molar-refractivity contribution in [2.24, 2.45) is 5.92 Å². The molecule has 0 spiro atoms. The van der Waals surface area contributed by atoms with Crippen LogP contribution in [0.5, 0.6) is 0 Å². The normalized spacial score (nSPS) is 29.5. The summed E-state index contributed by atoms with van der Waals surface area (Å²) in [7, 11) is 0. The fourth-order valence-corrected chi connectivity index (χ4v) is 4.42. The Bertz CT molecular complexity index is 535. The van der Waals surface area contributed by atoms with Crippen molar-refractivity contribution < 1.29 is 9.21 Å². The van der Waals surface area contributed by atoms with E-state index >= 15 is 0 Å². The van der Waals surface area contributed by atoms with E-state index in [-0.39, 0.29) is 5.91 Å². The van der Waals surface area contributed by atoms with Gasteiger partial charge in [-0.3, -0.25) is 4.79 Å². The molecule has 22 heavy (non-hydrogen) atoms. The molecule has 2 aliphatic carbocycles. The first-order chi connectivity index (χ1) is 10.8. The summed E-state index contributed by atoms with van der Waals surface area (Å²) in [6, 6.07) is 0.438. The molecule has 1 saturated heterocycles. The minimum absolute atomic E-state index is 0.105. The molecule has 1 amide bonds. The third-order valence-corrected chi connectivity index (χ3v) is 5.95. The van der Waals surface area contributed by atoms with E-state index in [1.54, 1.807) is 6.26 Å². The van der Waals surface area contributed by atoms with Gasteiger partial charge in [0.05, 0.1) is 0 Å². The summed E-state index contributed by atoms with van der Waals surface area (Å²) in [6.45, 7) is 0.894. The number of aromatic nitrogens is 1. The average Bonchev–Trinajstić information content (AvgIpc) is 2.85. The van der Waals surface area contributed by atoms with Crippen LogP contribution in [0, 0.1) is 5.92 Å². The molecule has 0 bridgehead atoms. The Morgan fingerprint density at radius 3 is 2.59 bits per heavy atom. The Kier molecular flexibility index (Phi) is 3.93. The molecule has 2 saturated carbocycles. The zero-order chi connectivity index (χ0) is 14.9. The van der Waals surface area contributed by atoms with Crippen LogP contribution >= 0.6 is 0 Å². The smallest absolute Gasteiger partial charge is 0.276 e. The van der Waals surface area contributed by atoms with Gasteiger partial charge < -0.3 is 9.32 Å². The molecule has 0 radical (unpaired) electrons. The number of hydrogen-bond donors (Lipinski definition) is 0. The van der Waals surface area contributed by atoms with Crippen LogP contribution in [0.4, 0.5) is 0 Å². The van der Waals surface area contributed by atoms with E-state index in [9.17, 15) is 4.79 Å². The lowest BCUT2D eigenvalue weighted by Crippen LogP contribution is -2.45. The van der Waals surface area contributed by atoms with Crippen LogP contribution in [0.2, 0.25) is 0 Å². The zero-order valence-electron chi connectivity index (χ0n) is 13.3. The van der Waals surface area contributed by atoms with Gasteiger partial charge in [0, 0.05) is 18.5 Å². The Morgan fingerprint density at radius 1 is 1.05 bits per heavy atom. The predicted molar refractivity (Wildman–Crippen MR) is 83.7 cm³/mol. The van der Waals surface area contributed by atoms with E-state index in [0.29, 0.717) is 23.6 Å². The van der Waals surface area contributed by atoms with E-state index < -0.39 is 0 Å². The van der Waals surface area contributed by atoms with Crippen molar-refractivity contribution in [3.8, 4) is 0 Å². The fourth-order valence-electron chi connectivity index (χ4n) is 4.42. The molecule has 4 heteroatoms. The molecule has 2 unspecified atom stereocenters. The van der Waals surface area contributed by atoms with E-state index in [1.165, 1.54) is 44.9 Å². The number of hydrogen-bond acceptors (Lipinski definition) is 3. The maximum atomic E-state index is 13.0. The summed E-state index contributed by atoms with van der Waals surface area (Å²) in [5.74, 6) is 2.05. The van der Waals surface area contributed by atoms with Crippen LogP contribution in [0.3, 0.4) is 0 Å². The molecule has 3 aliphatic rings. The summed E-state index contributed by atoms with van der Waals surface area (Å²) in [5, 5.41) is 0. The second-order valence-corrected chi connectivity index (χ2v) is 7.31. The number of amides is 1. The second-order valence-electron chi connectivity index (χ2n) is 7.31. The monoisotopic (exact) mass is 302 g/mol. The van der Waals surface area contributed by atoms with Gasteiger partial charge in [0.2, 0.25) is 0 Å². The molecule has 1 aromatic heterocycles. The van der Waals surface area contributed by atoms with E-state index in [4.69, 9.17) is 4.42 Å². The van der Waals surface area contributed by atoms with Crippen LogP contribution in [-0.2, 0) is 0 Å². The first kappa shape index (κ1) is 14.3. The van der Waals surface area contributed by atoms with Crippen molar-refractivity contribution in [2.75, 3.05) is 6.54 Å². The summed E-state index contributed by atoms with van der Waals surface area (Å²) in [6.07, 6.45) is 13.9. The summed E-state index contributed by atoms with van der Waals surface area (Å²) in [4.78, 5) is 19.6. The molecule has 4 nitrogen and oxygen atoms in total. The van der Waals surface area contributed by atoms with Gasteiger partial charge in [0.15, 0.2) is 11.6 Å². The molecule has 1 aliphatic heterocycles. The highest BCUT2D eigenvalue weighted by atomic mass is 16.3. The molecule has 2 heterocycles. The van der Waals surface area contributed by atoms with Crippen LogP contribution in [0.1, 0.15) is 86.5 Å². The first-order valence-electron chi connectivity index (χ1n) is 9.09. The SMILES string of the molecule is O=C(c1coc(C2CCC2)n1)N1CCCCC2CCCCC21. The number of carbonyl (C=O) groups is 1. The Hall–Kier alpha value is -1.32. The van der Waals surface area contributed by atoms with Gasteiger partial charge in [0.25, 0.3) is 5.91 Å². The molecule has 2 atom stereocenters. The Morgan fingerprint density at radius 2 is 1.82 bits per heavy atom. The van der Waals surface area contributed by atoms with Crippen molar-refractivity contribution in [3.63, 3.8) is 0 Å². The van der Waals surface area contributed by atoms with Crippen molar-refractivity contribution >= 4 is 5.91 Å². The molecule has 3 fully saturated rings. The lowest BCUT2D eigenvalue weighted by Gasteiger charge is -2.37. The number of oxazole rings is 1. The van der Waals surface area contributed by atoms with Gasteiger partial charge in [-0.1, -0.05) is 25.7 Å².